The Bertz CT molecular complexity index is 1170. The van der Waals surface area contributed by atoms with Crippen molar-refractivity contribution in [3.8, 4) is 11.5 Å². The van der Waals surface area contributed by atoms with Crippen LogP contribution in [0, 0.1) is 0 Å². The van der Waals surface area contributed by atoms with Gasteiger partial charge >= 0.3 is 0 Å². The monoisotopic (exact) mass is 499 g/mol. The van der Waals surface area contributed by atoms with Gasteiger partial charge in [0.15, 0.2) is 6.10 Å². The van der Waals surface area contributed by atoms with E-state index in [1.165, 1.54) is 24.4 Å². The SMILES string of the molecule is C[C@@H](Oc1ccc(Cl)cc1Cl)C(=O)N[C@H](Cc1ccccc1)C(=O)N/N=C\c1cccc(O)c1. The van der Waals surface area contributed by atoms with Gasteiger partial charge in [-0.3, -0.25) is 9.59 Å². The van der Waals surface area contributed by atoms with Crippen LogP contribution in [0.15, 0.2) is 77.9 Å². The van der Waals surface area contributed by atoms with Crippen LogP contribution >= 0.6 is 23.2 Å². The normalized spacial score (nSPS) is 12.7. The number of phenols is 1. The number of nitrogens with zero attached hydrogens (tertiary/aromatic N) is 1. The minimum atomic E-state index is -0.930. The van der Waals surface area contributed by atoms with Crippen LogP contribution in [0.1, 0.15) is 18.1 Å². The van der Waals surface area contributed by atoms with Crippen molar-refractivity contribution in [2.75, 3.05) is 0 Å². The molecule has 7 nitrogen and oxygen atoms in total. The summed E-state index contributed by atoms with van der Waals surface area (Å²) in [6.45, 7) is 1.55. The Kier molecular flexibility index (Phi) is 8.90. The third kappa shape index (κ3) is 7.50. The Morgan fingerprint density at radius 3 is 2.50 bits per heavy atom. The first-order chi connectivity index (χ1) is 16.3. The molecule has 0 bridgehead atoms. The number of carbonyl (C=O) groups excluding carboxylic acids is 2. The second kappa shape index (κ2) is 12.1. The molecule has 3 rings (SSSR count). The summed E-state index contributed by atoms with van der Waals surface area (Å²) in [5.74, 6) is -0.628. The number of nitrogens with one attached hydrogen (secondary N) is 2. The third-order valence-electron chi connectivity index (χ3n) is 4.74. The first-order valence-electron chi connectivity index (χ1n) is 10.4. The van der Waals surface area contributed by atoms with Crippen molar-refractivity contribution >= 4 is 41.2 Å². The lowest BCUT2D eigenvalue weighted by molar-refractivity contribution is -0.132. The topological polar surface area (TPSA) is 100 Å². The van der Waals surface area contributed by atoms with Gasteiger partial charge in [-0.15, -0.1) is 0 Å². The van der Waals surface area contributed by atoms with Crippen molar-refractivity contribution in [2.45, 2.75) is 25.5 Å². The van der Waals surface area contributed by atoms with Crippen LogP contribution < -0.4 is 15.5 Å². The fourth-order valence-corrected chi connectivity index (χ4v) is 3.47. The molecule has 176 valence electrons. The molecule has 0 fully saturated rings. The highest BCUT2D eigenvalue weighted by atomic mass is 35.5. The van der Waals surface area contributed by atoms with Gasteiger partial charge in [-0.25, -0.2) is 5.43 Å². The van der Waals surface area contributed by atoms with Crippen molar-refractivity contribution in [3.05, 3.63) is 94.0 Å². The molecule has 3 aromatic carbocycles. The summed E-state index contributed by atoms with van der Waals surface area (Å²) >= 11 is 12.0. The zero-order chi connectivity index (χ0) is 24.5. The fourth-order valence-electron chi connectivity index (χ4n) is 3.02. The minimum absolute atomic E-state index is 0.0827. The molecule has 0 saturated heterocycles. The Hall–Kier alpha value is -3.55. The maximum atomic E-state index is 12.8. The zero-order valence-corrected chi connectivity index (χ0v) is 19.8. The molecule has 2 amide bonds. The Morgan fingerprint density at radius 2 is 1.79 bits per heavy atom. The van der Waals surface area contributed by atoms with Gasteiger partial charge in [0.25, 0.3) is 11.8 Å². The molecule has 0 aliphatic carbocycles. The van der Waals surface area contributed by atoms with Crippen LogP contribution in [0.4, 0.5) is 0 Å². The van der Waals surface area contributed by atoms with Gasteiger partial charge in [-0.05, 0) is 48.4 Å². The molecule has 0 radical (unpaired) electrons. The molecule has 0 aliphatic heterocycles. The first-order valence-corrected chi connectivity index (χ1v) is 11.2. The molecule has 9 heteroatoms. The van der Waals surface area contributed by atoms with Crippen molar-refractivity contribution in [1.29, 1.82) is 0 Å². The number of ether oxygens (including phenoxy) is 1. The zero-order valence-electron chi connectivity index (χ0n) is 18.2. The van der Waals surface area contributed by atoms with E-state index in [-0.39, 0.29) is 17.2 Å². The first kappa shape index (κ1) is 25.1. The van der Waals surface area contributed by atoms with Gasteiger partial charge in [0.1, 0.15) is 17.5 Å². The van der Waals surface area contributed by atoms with Gasteiger partial charge in [0, 0.05) is 11.4 Å². The molecular weight excluding hydrogens is 477 g/mol. The summed E-state index contributed by atoms with van der Waals surface area (Å²) in [5.41, 5.74) is 3.90. The predicted octanol–water partition coefficient (Wildman–Crippen LogP) is 4.34. The van der Waals surface area contributed by atoms with Crippen LogP contribution in [0.3, 0.4) is 0 Å². The highest BCUT2D eigenvalue weighted by molar-refractivity contribution is 6.35. The molecule has 0 saturated carbocycles. The van der Waals surface area contributed by atoms with Crippen molar-refractivity contribution < 1.29 is 19.4 Å². The molecule has 2 atom stereocenters. The van der Waals surface area contributed by atoms with Crippen LogP contribution in [0.2, 0.25) is 10.0 Å². The second-order valence-electron chi connectivity index (χ2n) is 7.41. The Balaban J connectivity index is 1.68. The maximum absolute atomic E-state index is 12.8. The van der Waals surface area contributed by atoms with E-state index in [2.05, 4.69) is 15.8 Å². The summed E-state index contributed by atoms with van der Waals surface area (Å²) in [7, 11) is 0. The number of carbonyl (C=O) groups is 2. The lowest BCUT2D eigenvalue weighted by atomic mass is 10.1. The molecule has 34 heavy (non-hydrogen) atoms. The number of benzene rings is 3. The van der Waals surface area contributed by atoms with Gasteiger partial charge in [0.2, 0.25) is 0 Å². The standard InChI is InChI=1S/C25H23Cl2N3O4/c1-16(34-23-11-10-19(26)14-21(23)27)24(32)29-22(13-17-6-3-2-4-7-17)25(33)30-28-15-18-8-5-9-20(31)12-18/h2-12,14-16,22,31H,13H2,1H3,(H,29,32)(H,30,33)/b28-15-/t16-,22-/m1/s1. The van der Waals surface area contributed by atoms with E-state index in [1.54, 1.807) is 31.2 Å². The average Bonchev–Trinajstić information content (AvgIpc) is 2.81. The number of hydrazone groups is 1. The summed E-state index contributed by atoms with van der Waals surface area (Å²) in [4.78, 5) is 25.7. The summed E-state index contributed by atoms with van der Waals surface area (Å²) in [6.07, 6.45) is 0.711. The predicted molar refractivity (Wildman–Crippen MR) is 132 cm³/mol. The van der Waals surface area contributed by atoms with Gasteiger partial charge in [0.05, 0.1) is 11.2 Å². The third-order valence-corrected chi connectivity index (χ3v) is 5.27. The molecule has 3 N–H and O–H groups in total. The quantitative estimate of drug-likeness (QED) is 0.301. The van der Waals surface area contributed by atoms with Crippen LogP contribution in [0.25, 0.3) is 0 Å². The number of phenolic OH excluding ortho intramolecular Hbond substituents is 1. The minimum Gasteiger partial charge on any atom is -0.508 e. The molecule has 3 aromatic rings. The number of hydrogen-bond donors (Lipinski definition) is 3. The second-order valence-corrected chi connectivity index (χ2v) is 8.26. The Morgan fingerprint density at radius 1 is 1.03 bits per heavy atom. The van der Waals surface area contributed by atoms with Gasteiger partial charge < -0.3 is 15.2 Å². The molecular formula is C25H23Cl2N3O4. The molecule has 0 unspecified atom stereocenters. The van der Waals surface area contributed by atoms with E-state index in [0.717, 1.165) is 5.56 Å². The molecule has 0 aliphatic rings. The highest BCUT2D eigenvalue weighted by Crippen LogP contribution is 2.28. The average molecular weight is 500 g/mol. The molecule has 0 aromatic heterocycles. The van der Waals surface area contributed by atoms with E-state index in [4.69, 9.17) is 27.9 Å². The Labute approximate surface area is 207 Å². The van der Waals surface area contributed by atoms with E-state index >= 15 is 0 Å². The number of hydrogen-bond acceptors (Lipinski definition) is 5. The van der Waals surface area contributed by atoms with E-state index in [0.29, 0.717) is 16.3 Å². The fraction of sp³-hybridized carbons (Fsp3) is 0.160. The van der Waals surface area contributed by atoms with E-state index in [1.807, 2.05) is 30.3 Å². The van der Waals surface area contributed by atoms with Gasteiger partial charge in [-0.2, -0.15) is 5.10 Å². The number of aromatic hydroxyl groups is 1. The number of amides is 2. The summed E-state index contributed by atoms with van der Waals surface area (Å²) < 4.78 is 5.66. The number of halogens is 2. The molecule has 0 spiro atoms. The van der Waals surface area contributed by atoms with Crippen molar-refractivity contribution in [1.82, 2.24) is 10.7 Å². The summed E-state index contributed by atoms with van der Waals surface area (Å²) in [6, 6.07) is 19.5. The lowest BCUT2D eigenvalue weighted by Gasteiger charge is -2.21. The van der Waals surface area contributed by atoms with Crippen LogP contribution in [0.5, 0.6) is 11.5 Å². The lowest BCUT2D eigenvalue weighted by Crippen LogP contribution is -2.50. The van der Waals surface area contributed by atoms with Crippen molar-refractivity contribution in [3.63, 3.8) is 0 Å². The number of rotatable bonds is 9. The van der Waals surface area contributed by atoms with Gasteiger partial charge in [-0.1, -0.05) is 65.7 Å². The summed E-state index contributed by atoms with van der Waals surface area (Å²) in [5, 5.41) is 16.9. The molecule has 0 heterocycles. The van der Waals surface area contributed by atoms with Crippen LogP contribution in [-0.4, -0.2) is 35.3 Å². The largest absolute Gasteiger partial charge is 0.508 e. The van der Waals surface area contributed by atoms with Crippen molar-refractivity contribution in [2.24, 2.45) is 5.10 Å². The van der Waals surface area contributed by atoms with E-state index in [9.17, 15) is 14.7 Å². The smallest absolute Gasteiger partial charge is 0.262 e. The maximum Gasteiger partial charge on any atom is 0.262 e. The van der Waals surface area contributed by atoms with Crippen LogP contribution in [-0.2, 0) is 16.0 Å². The van der Waals surface area contributed by atoms with E-state index < -0.39 is 24.0 Å². The highest BCUT2D eigenvalue weighted by Gasteiger charge is 2.25.